The Bertz CT molecular complexity index is 359. The molecule has 1 aliphatic rings. The average Bonchev–Trinajstić information content (AvgIpc) is 2.24. The van der Waals surface area contributed by atoms with Gasteiger partial charge in [-0.1, -0.05) is 15.9 Å². The van der Waals surface area contributed by atoms with E-state index in [1.807, 2.05) is 13.0 Å². The summed E-state index contributed by atoms with van der Waals surface area (Å²) in [5.41, 5.74) is 2.37. The number of hydrogen-bond donors (Lipinski definition) is 2. The van der Waals surface area contributed by atoms with E-state index < -0.39 is 0 Å². The van der Waals surface area contributed by atoms with Crippen molar-refractivity contribution in [3.05, 3.63) is 27.7 Å². The molecular formula is C12H16BrNO. The van der Waals surface area contributed by atoms with E-state index in [9.17, 15) is 5.11 Å². The first-order valence-corrected chi connectivity index (χ1v) is 6.17. The number of aryl methyl sites for hydroxylation is 1. The predicted octanol–water partition coefficient (Wildman–Crippen LogP) is 2.93. The van der Waals surface area contributed by atoms with E-state index in [1.165, 1.54) is 5.56 Å². The Balaban J connectivity index is 2.33. The third kappa shape index (κ3) is 2.34. The molecule has 1 saturated heterocycles. The summed E-state index contributed by atoms with van der Waals surface area (Å²) in [6.45, 7) is 4.17. The van der Waals surface area contributed by atoms with Crippen molar-refractivity contribution >= 4 is 15.9 Å². The highest BCUT2D eigenvalue weighted by Crippen LogP contribution is 2.35. The standard InChI is InChI=1S/C12H16BrNO/c1-8-6-10(15)7-11(12(8)13)9-2-4-14-5-3-9/h6-7,9,14-15H,2-5H2,1H3. The highest BCUT2D eigenvalue weighted by atomic mass is 79.9. The second-order valence-corrected chi connectivity index (χ2v) is 4.98. The van der Waals surface area contributed by atoms with Crippen LogP contribution in [0.2, 0.25) is 0 Å². The van der Waals surface area contributed by atoms with Crippen molar-refractivity contribution in [3.63, 3.8) is 0 Å². The van der Waals surface area contributed by atoms with Crippen LogP contribution in [0.25, 0.3) is 0 Å². The topological polar surface area (TPSA) is 32.3 Å². The molecule has 2 rings (SSSR count). The number of halogens is 1. The summed E-state index contributed by atoms with van der Waals surface area (Å²) in [6, 6.07) is 3.70. The second-order valence-electron chi connectivity index (χ2n) is 4.19. The first-order valence-electron chi connectivity index (χ1n) is 5.38. The van der Waals surface area contributed by atoms with Gasteiger partial charge < -0.3 is 10.4 Å². The van der Waals surface area contributed by atoms with Gasteiger partial charge in [0.2, 0.25) is 0 Å². The number of nitrogens with one attached hydrogen (secondary N) is 1. The minimum absolute atomic E-state index is 0.379. The highest BCUT2D eigenvalue weighted by molar-refractivity contribution is 9.10. The molecule has 0 saturated carbocycles. The van der Waals surface area contributed by atoms with Gasteiger partial charge in [-0.2, -0.15) is 0 Å². The Morgan fingerprint density at radius 2 is 2.00 bits per heavy atom. The number of rotatable bonds is 1. The van der Waals surface area contributed by atoms with Crippen LogP contribution in [0.4, 0.5) is 0 Å². The molecule has 82 valence electrons. The van der Waals surface area contributed by atoms with Crippen LogP contribution in [0.3, 0.4) is 0 Å². The lowest BCUT2D eigenvalue weighted by Crippen LogP contribution is -2.26. The van der Waals surface area contributed by atoms with E-state index in [4.69, 9.17) is 0 Å². The van der Waals surface area contributed by atoms with Crippen LogP contribution in [0.15, 0.2) is 16.6 Å². The smallest absolute Gasteiger partial charge is 0.116 e. The fourth-order valence-corrected chi connectivity index (χ4v) is 2.76. The lowest BCUT2D eigenvalue weighted by atomic mass is 9.89. The number of aromatic hydroxyl groups is 1. The van der Waals surface area contributed by atoms with Gasteiger partial charge in [0, 0.05) is 4.47 Å². The van der Waals surface area contributed by atoms with E-state index >= 15 is 0 Å². The number of piperidine rings is 1. The average molecular weight is 270 g/mol. The van der Waals surface area contributed by atoms with Crippen LogP contribution in [0, 0.1) is 6.92 Å². The molecule has 0 aliphatic carbocycles. The maximum absolute atomic E-state index is 9.61. The third-order valence-corrected chi connectivity index (χ3v) is 4.13. The quantitative estimate of drug-likeness (QED) is 0.822. The van der Waals surface area contributed by atoms with Gasteiger partial charge in [-0.05, 0) is 62.0 Å². The van der Waals surface area contributed by atoms with Gasteiger partial charge in [0.1, 0.15) is 5.75 Å². The van der Waals surface area contributed by atoms with Crippen LogP contribution >= 0.6 is 15.9 Å². The predicted molar refractivity (Wildman–Crippen MR) is 65.4 cm³/mol. The summed E-state index contributed by atoms with van der Waals surface area (Å²) in [5, 5.41) is 13.0. The first kappa shape index (κ1) is 11.0. The zero-order valence-electron chi connectivity index (χ0n) is 8.89. The van der Waals surface area contributed by atoms with E-state index in [-0.39, 0.29) is 0 Å². The van der Waals surface area contributed by atoms with Crippen molar-refractivity contribution in [2.75, 3.05) is 13.1 Å². The van der Waals surface area contributed by atoms with Crippen LogP contribution in [0.1, 0.15) is 29.9 Å². The summed E-state index contributed by atoms with van der Waals surface area (Å²) >= 11 is 3.62. The summed E-state index contributed by atoms with van der Waals surface area (Å²) in [5.74, 6) is 0.954. The summed E-state index contributed by atoms with van der Waals surface area (Å²) in [4.78, 5) is 0. The Kier molecular flexibility index (Phi) is 3.32. The van der Waals surface area contributed by atoms with E-state index in [0.29, 0.717) is 11.7 Å². The van der Waals surface area contributed by atoms with Gasteiger partial charge in [-0.15, -0.1) is 0 Å². The second kappa shape index (κ2) is 4.54. The summed E-state index contributed by atoms with van der Waals surface area (Å²) in [6.07, 6.45) is 2.31. The van der Waals surface area contributed by atoms with Gasteiger partial charge in [0.15, 0.2) is 0 Å². The molecular weight excluding hydrogens is 254 g/mol. The summed E-state index contributed by atoms with van der Waals surface area (Å²) < 4.78 is 1.16. The molecule has 3 heteroatoms. The van der Waals surface area contributed by atoms with Crippen molar-refractivity contribution in [2.24, 2.45) is 0 Å². The van der Waals surface area contributed by atoms with Crippen molar-refractivity contribution in [1.82, 2.24) is 5.32 Å². The third-order valence-electron chi connectivity index (χ3n) is 3.05. The van der Waals surface area contributed by atoms with Gasteiger partial charge in [-0.3, -0.25) is 0 Å². The molecule has 2 N–H and O–H groups in total. The molecule has 0 unspecified atom stereocenters. The van der Waals surface area contributed by atoms with Gasteiger partial charge in [0.05, 0.1) is 0 Å². The zero-order chi connectivity index (χ0) is 10.8. The van der Waals surface area contributed by atoms with Crippen molar-refractivity contribution in [1.29, 1.82) is 0 Å². The fraction of sp³-hybridized carbons (Fsp3) is 0.500. The number of phenols is 1. The number of benzene rings is 1. The largest absolute Gasteiger partial charge is 0.508 e. The molecule has 0 radical (unpaired) electrons. The van der Waals surface area contributed by atoms with Gasteiger partial charge in [-0.25, -0.2) is 0 Å². The lowest BCUT2D eigenvalue weighted by molar-refractivity contribution is 0.450. The van der Waals surface area contributed by atoms with Gasteiger partial charge >= 0.3 is 0 Å². The Morgan fingerprint density at radius 3 is 2.67 bits per heavy atom. The molecule has 1 heterocycles. The molecule has 1 aromatic carbocycles. The molecule has 1 fully saturated rings. The first-order chi connectivity index (χ1) is 7.18. The molecule has 2 nitrogen and oxygen atoms in total. The Labute approximate surface area is 98.8 Å². The maximum Gasteiger partial charge on any atom is 0.116 e. The minimum atomic E-state index is 0.379. The SMILES string of the molecule is Cc1cc(O)cc(C2CCNCC2)c1Br. The van der Waals surface area contributed by atoms with Crippen LogP contribution in [-0.2, 0) is 0 Å². The summed E-state index contributed by atoms with van der Waals surface area (Å²) in [7, 11) is 0. The molecule has 1 aliphatic heterocycles. The molecule has 0 aromatic heterocycles. The molecule has 0 spiro atoms. The monoisotopic (exact) mass is 269 g/mol. The van der Waals surface area contributed by atoms with Crippen LogP contribution < -0.4 is 5.32 Å². The van der Waals surface area contributed by atoms with Crippen molar-refractivity contribution in [3.8, 4) is 5.75 Å². The molecule has 1 aromatic rings. The fourth-order valence-electron chi connectivity index (χ4n) is 2.21. The van der Waals surface area contributed by atoms with Crippen molar-refractivity contribution in [2.45, 2.75) is 25.7 Å². The van der Waals surface area contributed by atoms with Crippen LogP contribution in [-0.4, -0.2) is 18.2 Å². The van der Waals surface area contributed by atoms with E-state index in [0.717, 1.165) is 36.0 Å². The van der Waals surface area contributed by atoms with E-state index in [1.54, 1.807) is 6.07 Å². The van der Waals surface area contributed by atoms with Crippen LogP contribution in [0.5, 0.6) is 5.75 Å². The van der Waals surface area contributed by atoms with E-state index in [2.05, 4.69) is 21.2 Å². The number of hydrogen-bond acceptors (Lipinski definition) is 2. The zero-order valence-corrected chi connectivity index (χ0v) is 10.5. The Morgan fingerprint density at radius 1 is 1.33 bits per heavy atom. The highest BCUT2D eigenvalue weighted by Gasteiger charge is 2.19. The molecule has 0 bridgehead atoms. The van der Waals surface area contributed by atoms with Gasteiger partial charge in [0.25, 0.3) is 0 Å². The molecule has 0 amide bonds. The lowest BCUT2D eigenvalue weighted by Gasteiger charge is -2.24. The minimum Gasteiger partial charge on any atom is -0.508 e. The number of phenolic OH excluding ortho intramolecular Hbond substituents is 1. The molecule has 15 heavy (non-hydrogen) atoms. The van der Waals surface area contributed by atoms with Crippen molar-refractivity contribution < 1.29 is 5.11 Å². The Hall–Kier alpha value is -0.540. The molecule has 0 atom stereocenters. The normalized spacial score (nSPS) is 18.0. The maximum atomic E-state index is 9.61.